The fourth-order valence-electron chi connectivity index (χ4n) is 4.26. The molecule has 0 saturated carbocycles. The number of hydrogen-bond donors (Lipinski definition) is 1. The maximum absolute atomic E-state index is 5.86. The Morgan fingerprint density at radius 2 is 1.70 bits per heavy atom. The molecule has 1 aliphatic heterocycles. The van der Waals surface area contributed by atoms with E-state index in [-0.39, 0.29) is 6.04 Å². The number of rotatable bonds is 4. The molecule has 4 aromatic rings. The van der Waals surface area contributed by atoms with E-state index >= 15 is 0 Å². The molecule has 0 spiro atoms. The minimum atomic E-state index is -0.197. The number of allylic oxidation sites excluding steroid dienone is 1. The summed E-state index contributed by atoms with van der Waals surface area (Å²) in [6.07, 6.45) is 0. The van der Waals surface area contributed by atoms with Gasteiger partial charge in [-0.05, 0) is 80.2 Å². The minimum absolute atomic E-state index is 0.197. The number of benzene rings is 2. The first kappa shape index (κ1) is 21.6. The Labute approximate surface area is 202 Å². The van der Waals surface area contributed by atoms with Crippen molar-refractivity contribution in [3.8, 4) is 10.7 Å². The van der Waals surface area contributed by atoms with E-state index in [1.807, 2.05) is 17.5 Å². The second-order valence-electron chi connectivity index (χ2n) is 8.37. The van der Waals surface area contributed by atoms with Gasteiger partial charge in [0, 0.05) is 11.4 Å². The van der Waals surface area contributed by atoms with Crippen LogP contribution in [-0.4, -0.2) is 15.3 Å². The Morgan fingerprint density at radius 3 is 2.36 bits per heavy atom. The molecule has 5 nitrogen and oxygen atoms in total. The van der Waals surface area contributed by atoms with Gasteiger partial charge in [-0.1, -0.05) is 47.1 Å². The third-order valence-corrected chi connectivity index (χ3v) is 6.92. The van der Waals surface area contributed by atoms with Crippen molar-refractivity contribution in [1.82, 2.24) is 15.5 Å². The van der Waals surface area contributed by atoms with Crippen LogP contribution in [0.15, 0.2) is 70.2 Å². The first-order chi connectivity index (χ1) is 15.9. The van der Waals surface area contributed by atoms with Gasteiger partial charge in [-0.25, -0.2) is 0 Å². The lowest BCUT2D eigenvalue weighted by molar-refractivity contribution is 0.404. The SMILES string of the molecule is CC1=C(c2nc(-c3cccs3)no2)C(c2ccc(C)cc2)NC(=S)N1c1cc(C)cc(C)c1. The maximum Gasteiger partial charge on any atom is 0.258 e. The number of thiocarbonyl (C=S) groups is 1. The molecule has 0 aliphatic carbocycles. The van der Waals surface area contributed by atoms with E-state index in [9.17, 15) is 0 Å². The Kier molecular flexibility index (Phi) is 5.60. The third kappa shape index (κ3) is 4.10. The number of aryl methyl sites for hydroxylation is 3. The van der Waals surface area contributed by atoms with Crippen LogP contribution in [0.4, 0.5) is 5.69 Å². The van der Waals surface area contributed by atoms with Gasteiger partial charge in [0.1, 0.15) is 0 Å². The third-order valence-electron chi connectivity index (χ3n) is 5.76. The fourth-order valence-corrected chi connectivity index (χ4v) is 5.27. The number of nitrogens with zero attached hydrogens (tertiary/aromatic N) is 3. The fraction of sp³-hybridized carbons (Fsp3) is 0.192. The zero-order valence-corrected chi connectivity index (χ0v) is 20.6. The minimum Gasteiger partial charge on any atom is -0.351 e. The highest BCUT2D eigenvalue weighted by Gasteiger charge is 2.35. The Hall–Kier alpha value is -3.29. The molecule has 3 heterocycles. The average Bonchev–Trinajstić information content (AvgIpc) is 3.45. The van der Waals surface area contributed by atoms with Gasteiger partial charge in [0.25, 0.3) is 5.89 Å². The lowest BCUT2D eigenvalue weighted by atomic mass is 9.94. The molecule has 0 radical (unpaired) electrons. The van der Waals surface area contributed by atoms with Gasteiger partial charge in [0.15, 0.2) is 5.11 Å². The molecule has 0 saturated heterocycles. The lowest BCUT2D eigenvalue weighted by Crippen LogP contribution is -2.46. The summed E-state index contributed by atoms with van der Waals surface area (Å²) >= 11 is 7.45. The summed E-state index contributed by atoms with van der Waals surface area (Å²) in [6.45, 7) is 8.34. The second kappa shape index (κ2) is 8.57. The largest absolute Gasteiger partial charge is 0.351 e. The number of aromatic nitrogens is 2. The van der Waals surface area contributed by atoms with Crippen LogP contribution in [0.5, 0.6) is 0 Å². The summed E-state index contributed by atoms with van der Waals surface area (Å²) in [6, 6.07) is 18.7. The van der Waals surface area contributed by atoms with E-state index in [0.29, 0.717) is 16.8 Å². The molecule has 1 unspecified atom stereocenters. The molecule has 166 valence electrons. The van der Waals surface area contributed by atoms with Gasteiger partial charge < -0.3 is 9.84 Å². The van der Waals surface area contributed by atoms with E-state index in [1.54, 1.807) is 11.3 Å². The Bertz CT molecular complexity index is 1330. The molecule has 0 bridgehead atoms. The van der Waals surface area contributed by atoms with Crippen molar-refractivity contribution < 1.29 is 4.52 Å². The summed E-state index contributed by atoms with van der Waals surface area (Å²) < 4.78 is 5.82. The molecule has 5 rings (SSSR count). The molecule has 2 aromatic heterocycles. The number of thiophene rings is 1. The molecule has 33 heavy (non-hydrogen) atoms. The monoisotopic (exact) mass is 472 g/mol. The van der Waals surface area contributed by atoms with E-state index in [0.717, 1.165) is 27.4 Å². The molecular weight excluding hydrogens is 448 g/mol. The van der Waals surface area contributed by atoms with Crippen LogP contribution in [0, 0.1) is 20.8 Å². The Morgan fingerprint density at radius 1 is 0.970 bits per heavy atom. The summed E-state index contributed by atoms with van der Waals surface area (Å²) in [5.41, 5.74) is 7.56. The zero-order valence-electron chi connectivity index (χ0n) is 18.9. The first-order valence-corrected chi connectivity index (χ1v) is 12.0. The predicted octanol–water partition coefficient (Wildman–Crippen LogP) is 6.59. The van der Waals surface area contributed by atoms with E-state index in [1.165, 1.54) is 16.7 Å². The highest BCUT2D eigenvalue weighted by Crippen LogP contribution is 2.39. The van der Waals surface area contributed by atoms with Crippen LogP contribution in [0.3, 0.4) is 0 Å². The molecule has 1 aliphatic rings. The Balaban J connectivity index is 1.68. The normalized spacial score (nSPS) is 16.3. The van der Waals surface area contributed by atoms with E-state index < -0.39 is 0 Å². The lowest BCUT2D eigenvalue weighted by Gasteiger charge is -2.37. The number of nitrogens with one attached hydrogen (secondary N) is 1. The number of anilines is 1. The van der Waals surface area contributed by atoms with Gasteiger partial charge in [-0.3, -0.25) is 4.90 Å². The molecule has 2 aromatic carbocycles. The molecule has 7 heteroatoms. The highest BCUT2D eigenvalue weighted by atomic mass is 32.1. The van der Waals surface area contributed by atoms with Gasteiger partial charge in [0.2, 0.25) is 5.82 Å². The molecule has 1 N–H and O–H groups in total. The first-order valence-electron chi connectivity index (χ1n) is 10.7. The van der Waals surface area contributed by atoms with Gasteiger partial charge in [0.05, 0.1) is 16.5 Å². The number of hydrogen-bond acceptors (Lipinski definition) is 5. The molecular formula is C26H24N4OS2. The van der Waals surface area contributed by atoms with Crippen LogP contribution in [0.1, 0.15) is 41.1 Å². The summed E-state index contributed by atoms with van der Waals surface area (Å²) in [5.74, 6) is 1.08. The van der Waals surface area contributed by atoms with E-state index in [4.69, 9.17) is 21.7 Å². The van der Waals surface area contributed by atoms with Crippen molar-refractivity contribution in [2.24, 2.45) is 0 Å². The maximum atomic E-state index is 5.86. The predicted molar refractivity (Wildman–Crippen MR) is 138 cm³/mol. The van der Waals surface area contributed by atoms with Crippen molar-refractivity contribution in [3.63, 3.8) is 0 Å². The van der Waals surface area contributed by atoms with Gasteiger partial charge >= 0.3 is 0 Å². The summed E-state index contributed by atoms with van der Waals surface area (Å²) in [7, 11) is 0. The standard InChI is InChI=1S/C26H24N4OS2/c1-15-7-9-19(10-8-15)23-22(25-28-24(29-31-25)21-6-5-11-33-21)18(4)30(26(32)27-23)20-13-16(2)12-17(3)14-20/h5-14,23H,1-4H3,(H,27,32). The van der Waals surface area contributed by atoms with Crippen molar-refractivity contribution >= 4 is 39.9 Å². The summed E-state index contributed by atoms with van der Waals surface area (Å²) in [5, 5.41) is 10.5. The smallest absolute Gasteiger partial charge is 0.258 e. The highest BCUT2D eigenvalue weighted by molar-refractivity contribution is 7.80. The van der Waals surface area contributed by atoms with Crippen LogP contribution in [0.2, 0.25) is 0 Å². The second-order valence-corrected chi connectivity index (χ2v) is 9.71. The summed E-state index contributed by atoms with van der Waals surface area (Å²) in [4.78, 5) is 7.81. The van der Waals surface area contributed by atoms with Crippen LogP contribution >= 0.6 is 23.6 Å². The average molecular weight is 473 g/mol. The zero-order chi connectivity index (χ0) is 23.1. The molecule has 1 atom stereocenters. The molecule has 0 amide bonds. The van der Waals surface area contributed by atoms with Crippen LogP contribution in [-0.2, 0) is 0 Å². The van der Waals surface area contributed by atoms with Crippen LogP contribution < -0.4 is 10.2 Å². The topological polar surface area (TPSA) is 54.2 Å². The van der Waals surface area contributed by atoms with Gasteiger partial charge in [-0.2, -0.15) is 4.98 Å². The van der Waals surface area contributed by atoms with Crippen LogP contribution in [0.25, 0.3) is 16.3 Å². The van der Waals surface area contributed by atoms with Crippen molar-refractivity contribution in [1.29, 1.82) is 0 Å². The quantitative estimate of drug-likeness (QED) is 0.338. The van der Waals surface area contributed by atoms with Crippen molar-refractivity contribution in [2.45, 2.75) is 33.7 Å². The van der Waals surface area contributed by atoms with Gasteiger partial charge in [-0.15, -0.1) is 11.3 Å². The molecule has 0 fully saturated rings. The van der Waals surface area contributed by atoms with E-state index in [2.05, 4.69) is 85.5 Å². The van der Waals surface area contributed by atoms with Crippen molar-refractivity contribution in [2.75, 3.05) is 4.90 Å². The van der Waals surface area contributed by atoms with Crippen molar-refractivity contribution in [3.05, 3.63) is 93.8 Å².